The van der Waals surface area contributed by atoms with Crippen LogP contribution in [0.2, 0.25) is 0 Å². The van der Waals surface area contributed by atoms with Gasteiger partial charge in [-0.2, -0.15) is 0 Å². The predicted octanol–water partition coefficient (Wildman–Crippen LogP) is 3.27. The van der Waals surface area contributed by atoms with E-state index in [1.54, 1.807) is 24.3 Å². The van der Waals surface area contributed by atoms with Gasteiger partial charge in [-0.25, -0.2) is 0 Å². The van der Waals surface area contributed by atoms with E-state index in [2.05, 4.69) is 0 Å². The van der Waals surface area contributed by atoms with E-state index in [0.717, 1.165) is 5.75 Å². The fourth-order valence-corrected chi connectivity index (χ4v) is 1.89. The van der Waals surface area contributed by atoms with E-state index in [1.807, 2.05) is 36.4 Å². The normalized spacial score (nSPS) is 10.0. The van der Waals surface area contributed by atoms with E-state index in [-0.39, 0.29) is 31.2 Å². The summed E-state index contributed by atoms with van der Waals surface area (Å²) in [5.41, 5.74) is 0.614. The van der Waals surface area contributed by atoms with Crippen LogP contribution in [0.25, 0.3) is 0 Å². The lowest BCUT2D eigenvalue weighted by Crippen LogP contribution is -2.13. The molecule has 2 rings (SSSR count). The second-order valence-corrected chi connectivity index (χ2v) is 4.67. The molecule has 0 aliphatic heterocycles. The summed E-state index contributed by atoms with van der Waals surface area (Å²) in [6.07, 6.45) is 0.238. The zero-order valence-corrected chi connectivity index (χ0v) is 12.2. The van der Waals surface area contributed by atoms with Crippen molar-refractivity contribution in [1.29, 1.82) is 0 Å². The first-order chi connectivity index (χ1) is 10.8. The van der Waals surface area contributed by atoms with Crippen molar-refractivity contribution in [2.45, 2.75) is 12.8 Å². The van der Waals surface area contributed by atoms with Crippen LogP contribution in [0.15, 0.2) is 60.7 Å². The molecule has 2 aromatic rings. The maximum absolute atomic E-state index is 11.8. The Balaban J connectivity index is 1.61. The number of benzene rings is 2. The van der Waals surface area contributed by atoms with Gasteiger partial charge >= 0.3 is 5.97 Å². The summed E-state index contributed by atoms with van der Waals surface area (Å²) in [5, 5.41) is 0. The zero-order valence-electron chi connectivity index (χ0n) is 12.2. The second kappa shape index (κ2) is 8.62. The molecule has 4 heteroatoms. The molecule has 0 fully saturated rings. The first-order valence-electron chi connectivity index (χ1n) is 7.17. The first-order valence-corrected chi connectivity index (χ1v) is 7.17. The predicted molar refractivity (Wildman–Crippen MR) is 82.9 cm³/mol. The third-order valence-electron chi connectivity index (χ3n) is 3.01. The fourth-order valence-electron chi connectivity index (χ4n) is 1.89. The van der Waals surface area contributed by atoms with E-state index in [1.165, 1.54) is 0 Å². The highest BCUT2D eigenvalue weighted by Gasteiger charge is 2.09. The summed E-state index contributed by atoms with van der Waals surface area (Å²) in [5.74, 6) is 0.289. The summed E-state index contributed by atoms with van der Waals surface area (Å²) >= 11 is 0. The Morgan fingerprint density at radius 1 is 0.773 bits per heavy atom. The fraction of sp³-hybridized carbons (Fsp3) is 0.222. The smallest absolute Gasteiger partial charge is 0.306 e. The van der Waals surface area contributed by atoms with Crippen molar-refractivity contribution in [1.82, 2.24) is 0 Å². The number of ketones is 1. The van der Waals surface area contributed by atoms with Crippen LogP contribution in [-0.2, 0) is 9.53 Å². The first kappa shape index (κ1) is 15.8. The molecule has 114 valence electrons. The minimum Gasteiger partial charge on any atom is -0.490 e. The SMILES string of the molecule is O=C(CCC(=O)c1ccccc1)OCCOc1ccccc1. The molecule has 0 heterocycles. The maximum atomic E-state index is 11.8. The monoisotopic (exact) mass is 298 g/mol. The molecule has 0 radical (unpaired) electrons. The van der Waals surface area contributed by atoms with Crippen LogP contribution in [0.1, 0.15) is 23.2 Å². The molecule has 0 saturated carbocycles. The minimum atomic E-state index is -0.388. The van der Waals surface area contributed by atoms with Crippen molar-refractivity contribution in [2.24, 2.45) is 0 Å². The molecule has 0 saturated heterocycles. The highest BCUT2D eigenvalue weighted by molar-refractivity contribution is 5.97. The Morgan fingerprint density at radius 3 is 2.09 bits per heavy atom. The summed E-state index contributed by atoms with van der Waals surface area (Å²) in [7, 11) is 0. The Hall–Kier alpha value is -2.62. The number of hydrogen-bond acceptors (Lipinski definition) is 4. The van der Waals surface area contributed by atoms with E-state index in [0.29, 0.717) is 12.2 Å². The molecule has 22 heavy (non-hydrogen) atoms. The minimum absolute atomic E-state index is 0.0573. The molecule has 2 aromatic carbocycles. The molecular formula is C18H18O4. The van der Waals surface area contributed by atoms with E-state index in [4.69, 9.17) is 9.47 Å². The average molecular weight is 298 g/mol. The summed E-state index contributed by atoms with van der Waals surface area (Å²) in [6, 6.07) is 18.2. The molecule has 4 nitrogen and oxygen atoms in total. The Labute approximate surface area is 129 Å². The van der Waals surface area contributed by atoms with Crippen LogP contribution in [0.4, 0.5) is 0 Å². The van der Waals surface area contributed by atoms with Gasteiger partial charge in [0.2, 0.25) is 0 Å². The molecule has 0 amide bonds. The summed E-state index contributed by atoms with van der Waals surface area (Å²) in [4.78, 5) is 23.4. The maximum Gasteiger partial charge on any atom is 0.306 e. The number of esters is 1. The van der Waals surface area contributed by atoms with Gasteiger partial charge in [0.05, 0.1) is 6.42 Å². The lowest BCUT2D eigenvalue weighted by molar-refractivity contribution is -0.144. The van der Waals surface area contributed by atoms with Gasteiger partial charge in [-0.3, -0.25) is 9.59 Å². The molecule has 0 unspecified atom stereocenters. The number of Topliss-reactive ketones (excluding diaryl/α,β-unsaturated/α-hetero) is 1. The van der Waals surface area contributed by atoms with Crippen molar-refractivity contribution in [3.63, 3.8) is 0 Å². The standard InChI is InChI=1S/C18H18O4/c19-17(15-7-3-1-4-8-15)11-12-18(20)22-14-13-21-16-9-5-2-6-10-16/h1-10H,11-14H2. The second-order valence-electron chi connectivity index (χ2n) is 4.67. The molecule has 0 bridgehead atoms. The molecule has 0 aliphatic rings. The largest absolute Gasteiger partial charge is 0.490 e. The van der Waals surface area contributed by atoms with Gasteiger partial charge in [-0.15, -0.1) is 0 Å². The van der Waals surface area contributed by atoms with Crippen LogP contribution in [0.3, 0.4) is 0 Å². The van der Waals surface area contributed by atoms with Crippen LogP contribution >= 0.6 is 0 Å². The van der Waals surface area contributed by atoms with Gasteiger partial charge in [0.1, 0.15) is 19.0 Å². The number of ether oxygens (including phenoxy) is 2. The Bertz CT molecular complexity index is 593. The van der Waals surface area contributed by atoms with E-state index >= 15 is 0 Å². The lowest BCUT2D eigenvalue weighted by Gasteiger charge is -2.07. The van der Waals surface area contributed by atoms with Gasteiger partial charge in [-0.1, -0.05) is 48.5 Å². The third-order valence-corrected chi connectivity index (χ3v) is 3.01. The van der Waals surface area contributed by atoms with Crippen LogP contribution in [-0.4, -0.2) is 25.0 Å². The van der Waals surface area contributed by atoms with Gasteiger partial charge in [0.25, 0.3) is 0 Å². The van der Waals surface area contributed by atoms with Crippen LogP contribution in [0.5, 0.6) is 5.75 Å². The number of carbonyl (C=O) groups is 2. The summed E-state index contributed by atoms with van der Waals surface area (Å²) < 4.78 is 10.4. The van der Waals surface area contributed by atoms with E-state index < -0.39 is 0 Å². The zero-order chi connectivity index (χ0) is 15.6. The Morgan fingerprint density at radius 2 is 1.41 bits per heavy atom. The molecular weight excluding hydrogens is 280 g/mol. The molecule has 0 aliphatic carbocycles. The number of rotatable bonds is 8. The van der Waals surface area contributed by atoms with Crippen LogP contribution in [0, 0.1) is 0 Å². The number of carbonyl (C=O) groups excluding carboxylic acids is 2. The third kappa shape index (κ3) is 5.40. The highest BCUT2D eigenvalue weighted by atomic mass is 16.6. The van der Waals surface area contributed by atoms with Crippen molar-refractivity contribution in [2.75, 3.05) is 13.2 Å². The molecule has 0 spiro atoms. The summed E-state index contributed by atoms with van der Waals surface area (Å²) in [6.45, 7) is 0.468. The van der Waals surface area contributed by atoms with Gasteiger partial charge in [0.15, 0.2) is 5.78 Å². The van der Waals surface area contributed by atoms with Gasteiger partial charge in [-0.05, 0) is 12.1 Å². The molecule has 0 aromatic heterocycles. The topological polar surface area (TPSA) is 52.6 Å². The number of para-hydroxylation sites is 1. The Kier molecular flexibility index (Phi) is 6.18. The van der Waals surface area contributed by atoms with Gasteiger partial charge in [0, 0.05) is 12.0 Å². The molecule has 0 N–H and O–H groups in total. The average Bonchev–Trinajstić information content (AvgIpc) is 2.58. The van der Waals surface area contributed by atoms with E-state index in [9.17, 15) is 9.59 Å². The number of hydrogen-bond donors (Lipinski definition) is 0. The van der Waals surface area contributed by atoms with Crippen molar-refractivity contribution < 1.29 is 19.1 Å². The van der Waals surface area contributed by atoms with Crippen molar-refractivity contribution in [3.05, 3.63) is 66.2 Å². The van der Waals surface area contributed by atoms with Crippen molar-refractivity contribution >= 4 is 11.8 Å². The lowest BCUT2D eigenvalue weighted by atomic mass is 10.1. The van der Waals surface area contributed by atoms with Crippen LogP contribution < -0.4 is 4.74 Å². The van der Waals surface area contributed by atoms with Crippen molar-refractivity contribution in [3.8, 4) is 5.75 Å². The van der Waals surface area contributed by atoms with Gasteiger partial charge < -0.3 is 9.47 Å². The molecule has 0 atom stereocenters. The highest BCUT2D eigenvalue weighted by Crippen LogP contribution is 2.08. The quantitative estimate of drug-likeness (QED) is 0.426.